The van der Waals surface area contributed by atoms with Gasteiger partial charge in [-0.05, 0) is 44.4 Å². The van der Waals surface area contributed by atoms with Crippen LogP contribution in [0.4, 0.5) is 0 Å². The molecule has 0 saturated heterocycles. The maximum atomic E-state index is 11.3. The maximum absolute atomic E-state index is 11.3. The summed E-state index contributed by atoms with van der Waals surface area (Å²) < 4.78 is 25.4. The lowest BCUT2D eigenvalue weighted by atomic mass is 10.2. The molecule has 1 atom stereocenters. The molecule has 15 heavy (non-hydrogen) atoms. The summed E-state index contributed by atoms with van der Waals surface area (Å²) in [5.74, 6) is 0. The Hall–Kier alpha value is 1.44. The van der Waals surface area contributed by atoms with E-state index in [9.17, 15) is 8.42 Å². The average Bonchev–Trinajstić information content (AvgIpc) is 2.09. The predicted octanol–water partition coefficient (Wildman–Crippen LogP) is 4.13. The first-order valence-corrected chi connectivity index (χ1v) is 9.04. The summed E-state index contributed by atoms with van der Waals surface area (Å²) in [4.78, 5) is -0.546. The monoisotopic (exact) mass is 505 g/mol. The third-order valence-corrected chi connectivity index (χ3v) is 8.32. The van der Waals surface area contributed by atoms with Crippen LogP contribution in [0.15, 0.2) is 19.1 Å². The number of halogens is 5. The molecule has 0 N–H and O–H groups in total. The van der Waals surface area contributed by atoms with Crippen molar-refractivity contribution in [2.45, 2.75) is 11.9 Å². The van der Waals surface area contributed by atoms with Gasteiger partial charge in [-0.1, -0.05) is 31.9 Å². The molecule has 1 rings (SSSR count). The highest BCUT2D eigenvalue weighted by Gasteiger charge is 2.35. The number of allylic oxidation sites excluding steroid dienone is 2. The van der Waals surface area contributed by atoms with E-state index in [1.807, 2.05) is 6.92 Å². The second kappa shape index (κ2) is 4.97. The van der Waals surface area contributed by atoms with Crippen LogP contribution in [0.5, 0.6) is 0 Å². The maximum Gasteiger partial charge on any atom is 0.323 e. The highest BCUT2D eigenvalue weighted by Crippen LogP contribution is 2.44. The molecule has 1 aliphatic heterocycles. The standard InChI is InChI=1S/C6H4Br4ClNO2S/c1-2-3(7)5(9)12(15(11,13)14)6(10)4(2)8/h5H,1H3. The van der Waals surface area contributed by atoms with Crippen LogP contribution in [0.1, 0.15) is 6.92 Å². The van der Waals surface area contributed by atoms with Crippen molar-refractivity contribution in [3.8, 4) is 0 Å². The van der Waals surface area contributed by atoms with E-state index in [2.05, 4.69) is 63.7 Å². The van der Waals surface area contributed by atoms with Crippen LogP contribution in [0.25, 0.3) is 0 Å². The van der Waals surface area contributed by atoms with Gasteiger partial charge >= 0.3 is 9.24 Å². The van der Waals surface area contributed by atoms with Gasteiger partial charge in [0.2, 0.25) is 0 Å². The van der Waals surface area contributed by atoms with Crippen LogP contribution < -0.4 is 0 Å². The Morgan fingerprint density at radius 2 is 1.80 bits per heavy atom. The number of nitrogens with zero attached hydrogens (tertiary/aromatic N) is 1. The zero-order valence-electron chi connectivity index (χ0n) is 7.14. The summed E-state index contributed by atoms with van der Waals surface area (Å²) in [6.07, 6.45) is 0. The van der Waals surface area contributed by atoms with Crippen molar-refractivity contribution in [1.29, 1.82) is 0 Å². The molecule has 0 amide bonds. The molecular weight excluding hydrogens is 505 g/mol. The van der Waals surface area contributed by atoms with Crippen molar-refractivity contribution < 1.29 is 8.42 Å². The quantitative estimate of drug-likeness (QED) is 0.303. The molecule has 1 unspecified atom stereocenters. The lowest BCUT2D eigenvalue weighted by Gasteiger charge is -2.31. The van der Waals surface area contributed by atoms with Crippen LogP contribution in [-0.2, 0) is 9.24 Å². The van der Waals surface area contributed by atoms with Gasteiger partial charge in [-0.3, -0.25) is 0 Å². The molecule has 3 nitrogen and oxygen atoms in total. The molecule has 86 valence electrons. The molecule has 0 aliphatic carbocycles. The molecule has 0 bridgehead atoms. The van der Waals surface area contributed by atoms with Crippen molar-refractivity contribution in [2.24, 2.45) is 0 Å². The first kappa shape index (κ1) is 14.5. The Labute approximate surface area is 126 Å². The SMILES string of the molecule is CC1=C(Br)C(Br)N(S(=O)(=O)Cl)C(Br)=C1Br. The number of hydrogen-bond acceptors (Lipinski definition) is 2. The lowest BCUT2D eigenvalue weighted by molar-refractivity contribution is 0.518. The van der Waals surface area contributed by atoms with E-state index >= 15 is 0 Å². The first-order valence-electron chi connectivity index (χ1n) is 3.48. The van der Waals surface area contributed by atoms with Crippen LogP contribution >= 0.6 is 74.4 Å². The molecule has 9 heteroatoms. The first-order chi connectivity index (χ1) is 6.68. The summed E-state index contributed by atoms with van der Waals surface area (Å²) >= 11 is 13.0. The van der Waals surface area contributed by atoms with Gasteiger partial charge in [0.05, 0.1) is 4.48 Å². The van der Waals surface area contributed by atoms with Gasteiger partial charge in [0.25, 0.3) is 0 Å². The minimum atomic E-state index is -3.85. The third kappa shape index (κ3) is 2.82. The van der Waals surface area contributed by atoms with Crippen molar-refractivity contribution in [2.75, 3.05) is 0 Å². The Morgan fingerprint density at radius 3 is 2.20 bits per heavy atom. The molecule has 0 saturated carbocycles. The average molecular weight is 509 g/mol. The summed E-state index contributed by atoms with van der Waals surface area (Å²) in [7, 11) is 1.47. The van der Waals surface area contributed by atoms with E-state index < -0.39 is 14.2 Å². The van der Waals surface area contributed by atoms with Gasteiger partial charge in [-0.15, -0.1) is 0 Å². The van der Waals surface area contributed by atoms with Crippen LogP contribution in [0.2, 0.25) is 0 Å². The van der Waals surface area contributed by atoms with E-state index in [0.717, 1.165) is 9.88 Å². The van der Waals surface area contributed by atoms with Gasteiger partial charge in [0.1, 0.15) is 9.56 Å². The molecule has 1 aliphatic rings. The topological polar surface area (TPSA) is 37.4 Å². The zero-order chi connectivity index (χ0) is 12.0. The molecule has 0 aromatic carbocycles. The minimum Gasteiger partial charge on any atom is -0.231 e. The van der Waals surface area contributed by atoms with Crippen LogP contribution in [0.3, 0.4) is 0 Å². The number of rotatable bonds is 1. The Morgan fingerprint density at radius 1 is 1.33 bits per heavy atom. The van der Waals surface area contributed by atoms with E-state index in [0.29, 0.717) is 13.6 Å². The Bertz CT molecular complexity index is 458. The van der Waals surface area contributed by atoms with E-state index in [4.69, 9.17) is 10.7 Å². The summed E-state index contributed by atoms with van der Waals surface area (Å²) in [6, 6.07) is 0. The van der Waals surface area contributed by atoms with E-state index in [1.54, 1.807) is 0 Å². The van der Waals surface area contributed by atoms with Gasteiger partial charge in [-0.25, -0.2) is 4.31 Å². The molecule has 0 fully saturated rings. The number of alkyl halides is 1. The summed E-state index contributed by atoms with van der Waals surface area (Å²) in [6.45, 7) is 1.85. The lowest BCUT2D eigenvalue weighted by Crippen LogP contribution is -2.34. The second-order valence-corrected chi connectivity index (χ2v) is 8.30. The molecule has 0 radical (unpaired) electrons. The van der Waals surface area contributed by atoms with Crippen molar-refractivity contribution in [1.82, 2.24) is 4.31 Å². The van der Waals surface area contributed by atoms with Gasteiger partial charge in [-0.2, -0.15) is 8.42 Å². The van der Waals surface area contributed by atoms with Gasteiger partial charge in [0.15, 0.2) is 0 Å². The summed E-state index contributed by atoms with van der Waals surface area (Å²) in [5.41, 5.74) is 0.889. The molecule has 0 aromatic rings. The van der Waals surface area contributed by atoms with E-state index in [1.165, 1.54) is 0 Å². The zero-order valence-corrected chi connectivity index (χ0v) is 15.1. The molecule has 0 spiro atoms. The smallest absolute Gasteiger partial charge is 0.231 e. The van der Waals surface area contributed by atoms with Crippen molar-refractivity contribution >= 4 is 83.6 Å². The minimum absolute atomic E-state index is 0.361. The van der Waals surface area contributed by atoms with Crippen LogP contribution in [-0.4, -0.2) is 17.7 Å². The fraction of sp³-hybridized carbons (Fsp3) is 0.333. The Kier molecular flexibility index (Phi) is 4.81. The highest BCUT2D eigenvalue weighted by atomic mass is 79.9. The number of hydrogen-bond donors (Lipinski definition) is 0. The fourth-order valence-corrected chi connectivity index (χ4v) is 6.42. The highest BCUT2D eigenvalue weighted by molar-refractivity contribution is 9.15. The van der Waals surface area contributed by atoms with Gasteiger partial charge < -0.3 is 0 Å². The largest absolute Gasteiger partial charge is 0.323 e. The van der Waals surface area contributed by atoms with Gasteiger partial charge in [0, 0.05) is 15.2 Å². The summed E-state index contributed by atoms with van der Waals surface area (Å²) in [5, 5.41) is 0. The predicted molar refractivity (Wildman–Crippen MR) is 75.8 cm³/mol. The molecular formula is C6H4Br4ClNO2S. The van der Waals surface area contributed by atoms with Crippen LogP contribution in [0, 0.1) is 0 Å². The Balaban J connectivity index is 3.40. The fourth-order valence-electron chi connectivity index (χ4n) is 0.944. The van der Waals surface area contributed by atoms with Crippen molar-refractivity contribution in [3.63, 3.8) is 0 Å². The molecule has 0 aromatic heterocycles. The normalized spacial score (nSPS) is 23.9. The van der Waals surface area contributed by atoms with Crippen molar-refractivity contribution in [3.05, 3.63) is 19.1 Å². The second-order valence-electron chi connectivity index (χ2n) is 2.65. The van der Waals surface area contributed by atoms with E-state index in [-0.39, 0.29) is 0 Å². The third-order valence-electron chi connectivity index (χ3n) is 1.71. The molecule has 1 heterocycles.